The van der Waals surface area contributed by atoms with Crippen molar-refractivity contribution in [1.82, 2.24) is 20.1 Å². The number of hydrogen-bond donors (Lipinski definition) is 2. The molecule has 14 heavy (non-hydrogen) atoms. The van der Waals surface area contributed by atoms with Gasteiger partial charge >= 0.3 is 0 Å². The van der Waals surface area contributed by atoms with Gasteiger partial charge < -0.3 is 10.6 Å². The van der Waals surface area contributed by atoms with Crippen molar-refractivity contribution < 1.29 is 4.79 Å². The van der Waals surface area contributed by atoms with Crippen molar-refractivity contribution in [3.63, 3.8) is 0 Å². The zero-order valence-electron chi connectivity index (χ0n) is 7.81. The fourth-order valence-electron chi connectivity index (χ4n) is 1.65. The van der Waals surface area contributed by atoms with Gasteiger partial charge in [-0.05, 0) is 12.8 Å². The van der Waals surface area contributed by atoms with Gasteiger partial charge in [0.1, 0.15) is 6.33 Å². The van der Waals surface area contributed by atoms with Gasteiger partial charge in [-0.3, -0.25) is 9.89 Å². The van der Waals surface area contributed by atoms with Gasteiger partial charge in [0.2, 0.25) is 5.82 Å². The summed E-state index contributed by atoms with van der Waals surface area (Å²) in [4.78, 5) is 17.3. The molecule has 76 valence electrons. The molecular weight excluding hydrogens is 182 g/mol. The van der Waals surface area contributed by atoms with E-state index in [0.29, 0.717) is 12.4 Å². The third-order valence-corrected chi connectivity index (χ3v) is 2.36. The van der Waals surface area contributed by atoms with E-state index in [4.69, 9.17) is 5.73 Å². The number of nitrogens with zero attached hydrogens (tertiary/aromatic N) is 3. The van der Waals surface area contributed by atoms with Gasteiger partial charge in [0.05, 0.1) is 0 Å². The van der Waals surface area contributed by atoms with E-state index < -0.39 is 0 Å². The number of H-pyrrole nitrogens is 1. The van der Waals surface area contributed by atoms with Crippen molar-refractivity contribution in [3.05, 3.63) is 12.2 Å². The molecule has 0 radical (unpaired) electrons. The zero-order chi connectivity index (χ0) is 9.97. The molecule has 0 spiro atoms. The Kier molecular flexibility index (Phi) is 2.45. The molecule has 1 aromatic heterocycles. The van der Waals surface area contributed by atoms with E-state index in [1.807, 2.05) is 0 Å². The summed E-state index contributed by atoms with van der Waals surface area (Å²) in [6, 6.07) is 0.0932. The summed E-state index contributed by atoms with van der Waals surface area (Å²) in [7, 11) is 0. The number of carbonyl (C=O) groups excluding carboxylic acids is 1. The number of rotatable bonds is 1. The Labute approximate surface area is 81.5 Å². The van der Waals surface area contributed by atoms with E-state index in [9.17, 15) is 4.79 Å². The van der Waals surface area contributed by atoms with Gasteiger partial charge in [-0.15, -0.1) is 0 Å². The quantitative estimate of drug-likeness (QED) is 0.624. The molecule has 1 fully saturated rings. The van der Waals surface area contributed by atoms with Crippen LogP contribution in [0.2, 0.25) is 0 Å². The summed E-state index contributed by atoms with van der Waals surface area (Å²) in [6.07, 6.45) is 3.28. The van der Waals surface area contributed by atoms with Crippen LogP contribution in [0.1, 0.15) is 23.5 Å². The third-order valence-electron chi connectivity index (χ3n) is 2.36. The van der Waals surface area contributed by atoms with Crippen LogP contribution in [-0.4, -0.2) is 45.1 Å². The van der Waals surface area contributed by atoms with Gasteiger partial charge in [0, 0.05) is 19.1 Å². The number of hydrogen-bond acceptors (Lipinski definition) is 4. The fraction of sp³-hybridized carbons (Fsp3) is 0.625. The van der Waals surface area contributed by atoms with E-state index >= 15 is 0 Å². The van der Waals surface area contributed by atoms with E-state index in [0.717, 1.165) is 19.4 Å². The molecule has 6 heteroatoms. The summed E-state index contributed by atoms with van der Waals surface area (Å²) in [5.74, 6) is 0.178. The lowest BCUT2D eigenvalue weighted by molar-refractivity contribution is 0.0697. The number of likely N-dealkylation sites (tertiary alicyclic amines) is 1. The number of nitrogens with two attached hydrogens (primary N) is 1. The average Bonchev–Trinajstić information content (AvgIpc) is 2.69. The largest absolute Gasteiger partial charge is 0.334 e. The first-order valence-corrected chi connectivity index (χ1v) is 4.67. The van der Waals surface area contributed by atoms with E-state index in [1.54, 1.807) is 4.90 Å². The van der Waals surface area contributed by atoms with Crippen LogP contribution in [0.5, 0.6) is 0 Å². The molecule has 1 amide bonds. The molecule has 0 saturated carbocycles. The van der Waals surface area contributed by atoms with Gasteiger partial charge in [0.25, 0.3) is 5.91 Å². The Morgan fingerprint density at radius 2 is 2.57 bits per heavy atom. The van der Waals surface area contributed by atoms with Crippen molar-refractivity contribution in [3.8, 4) is 0 Å². The minimum Gasteiger partial charge on any atom is -0.334 e. The van der Waals surface area contributed by atoms with E-state index in [-0.39, 0.29) is 11.9 Å². The minimum atomic E-state index is -0.113. The van der Waals surface area contributed by atoms with Crippen molar-refractivity contribution >= 4 is 5.91 Å². The van der Waals surface area contributed by atoms with Crippen molar-refractivity contribution in [2.45, 2.75) is 18.9 Å². The van der Waals surface area contributed by atoms with Crippen molar-refractivity contribution in [1.29, 1.82) is 0 Å². The molecule has 0 unspecified atom stereocenters. The van der Waals surface area contributed by atoms with Crippen LogP contribution in [0.25, 0.3) is 0 Å². The molecule has 0 bridgehead atoms. The normalized spacial score (nSPS) is 22.4. The molecule has 1 aromatic rings. The zero-order valence-corrected chi connectivity index (χ0v) is 7.81. The summed E-state index contributed by atoms with van der Waals surface area (Å²) < 4.78 is 0. The lowest BCUT2D eigenvalue weighted by Crippen LogP contribution is -2.46. The van der Waals surface area contributed by atoms with Gasteiger partial charge in [0.15, 0.2) is 0 Å². The van der Waals surface area contributed by atoms with Gasteiger partial charge in [-0.2, -0.15) is 5.10 Å². The molecular formula is C8H13N5O. The number of aromatic nitrogens is 3. The first kappa shape index (κ1) is 9.14. The standard InChI is InChI=1S/C8H13N5O/c9-6-2-1-3-13(4-6)8(14)7-10-5-11-12-7/h5-6H,1-4,9H2,(H,10,11,12)/t6-/m1/s1. The molecule has 2 heterocycles. The molecule has 1 saturated heterocycles. The first-order chi connectivity index (χ1) is 6.77. The molecule has 0 aliphatic carbocycles. The van der Waals surface area contributed by atoms with Crippen LogP contribution < -0.4 is 5.73 Å². The average molecular weight is 195 g/mol. The summed E-state index contributed by atoms with van der Waals surface area (Å²) >= 11 is 0. The number of nitrogens with one attached hydrogen (secondary N) is 1. The molecule has 2 rings (SSSR count). The first-order valence-electron chi connectivity index (χ1n) is 4.67. The molecule has 0 aromatic carbocycles. The lowest BCUT2D eigenvalue weighted by Gasteiger charge is -2.29. The molecule has 3 N–H and O–H groups in total. The van der Waals surface area contributed by atoms with Crippen LogP contribution in [0.15, 0.2) is 6.33 Å². The second-order valence-corrected chi connectivity index (χ2v) is 3.49. The maximum atomic E-state index is 11.7. The Morgan fingerprint density at radius 1 is 1.71 bits per heavy atom. The van der Waals surface area contributed by atoms with E-state index in [1.165, 1.54) is 6.33 Å². The summed E-state index contributed by atoms with van der Waals surface area (Å²) in [5.41, 5.74) is 5.78. The fourth-order valence-corrected chi connectivity index (χ4v) is 1.65. The highest BCUT2D eigenvalue weighted by molar-refractivity contribution is 5.90. The van der Waals surface area contributed by atoms with Gasteiger partial charge in [-0.1, -0.05) is 0 Å². The molecule has 1 atom stereocenters. The number of aromatic amines is 1. The predicted molar refractivity (Wildman–Crippen MR) is 49.5 cm³/mol. The second-order valence-electron chi connectivity index (χ2n) is 3.49. The highest BCUT2D eigenvalue weighted by Crippen LogP contribution is 2.10. The highest BCUT2D eigenvalue weighted by atomic mass is 16.2. The minimum absolute atomic E-state index is 0.0932. The Bertz CT molecular complexity index is 310. The lowest BCUT2D eigenvalue weighted by atomic mass is 10.1. The molecule has 1 aliphatic rings. The van der Waals surface area contributed by atoms with Crippen LogP contribution >= 0.6 is 0 Å². The number of amides is 1. The van der Waals surface area contributed by atoms with Crippen LogP contribution in [0, 0.1) is 0 Å². The van der Waals surface area contributed by atoms with Crippen LogP contribution in [0.3, 0.4) is 0 Å². The Hall–Kier alpha value is -1.43. The summed E-state index contributed by atoms with van der Waals surface area (Å²) in [5, 5.41) is 6.20. The van der Waals surface area contributed by atoms with E-state index in [2.05, 4.69) is 15.2 Å². The van der Waals surface area contributed by atoms with Crippen LogP contribution in [0.4, 0.5) is 0 Å². The smallest absolute Gasteiger partial charge is 0.291 e. The molecule has 6 nitrogen and oxygen atoms in total. The monoisotopic (exact) mass is 195 g/mol. The topological polar surface area (TPSA) is 87.9 Å². The number of carbonyl (C=O) groups is 1. The van der Waals surface area contributed by atoms with Gasteiger partial charge in [-0.25, -0.2) is 4.98 Å². The second kappa shape index (κ2) is 3.75. The Balaban J connectivity index is 2.04. The SMILES string of the molecule is N[C@@H]1CCCN(C(=O)c2ncn[nH]2)C1. The Morgan fingerprint density at radius 3 is 3.21 bits per heavy atom. The maximum absolute atomic E-state index is 11.7. The third kappa shape index (κ3) is 1.74. The van der Waals surface area contributed by atoms with Crippen molar-refractivity contribution in [2.24, 2.45) is 5.73 Å². The molecule has 1 aliphatic heterocycles. The van der Waals surface area contributed by atoms with Crippen LogP contribution in [-0.2, 0) is 0 Å². The highest BCUT2D eigenvalue weighted by Gasteiger charge is 2.23. The predicted octanol–water partition coefficient (Wildman–Crippen LogP) is -0.632. The van der Waals surface area contributed by atoms with Crippen molar-refractivity contribution in [2.75, 3.05) is 13.1 Å². The maximum Gasteiger partial charge on any atom is 0.291 e. The number of piperidine rings is 1. The summed E-state index contributed by atoms with van der Waals surface area (Å²) in [6.45, 7) is 1.37.